The molecule has 108 valence electrons. The summed E-state index contributed by atoms with van der Waals surface area (Å²) in [6, 6.07) is 5.07. The number of hydrogen-bond acceptors (Lipinski definition) is 3. The topological polar surface area (TPSA) is 75.6 Å². The first-order chi connectivity index (χ1) is 9.54. The van der Waals surface area contributed by atoms with E-state index in [4.69, 9.17) is 4.74 Å². The van der Waals surface area contributed by atoms with Crippen molar-refractivity contribution in [3.05, 3.63) is 29.3 Å². The van der Waals surface area contributed by atoms with Crippen LogP contribution in [0.25, 0.3) is 0 Å². The van der Waals surface area contributed by atoms with Gasteiger partial charge in [0.2, 0.25) is 5.91 Å². The lowest BCUT2D eigenvalue weighted by Gasteiger charge is -2.17. The van der Waals surface area contributed by atoms with Crippen LogP contribution in [0.2, 0.25) is 0 Å². The first-order valence-electron chi connectivity index (χ1n) is 6.80. The number of carbonyl (C=O) groups is 2. The lowest BCUT2D eigenvalue weighted by molar-refractivity contribution is -0.121. The molecule has 0 bridgehead atoms. The van der Waals surface area contributed by atoms with Crippen molar-refractivity contribution in [1.29, 1.82) is 0 Å². The second-order valence-corrected chi connectivity index (χ2v) is 5.00. The summed E-state index contributed by atoms with van der Waals surface area (Å²) in [5.41, 5.74) is 1.13. The molecule has 5 heteroatoms. The molecular weight excluding hydrogens is 258 g/mol. The zero-order valence-electron chi connectivity index (χ0n) is 11.7. The van der Waals surface area contributed by atoms with Crippen LogP contribution in [0.5, 0.6) is 0 Å². The van der Waals surface area contributed by atoms with Crippen molar-refractivity contribution in [2.75, 3.05) is 11.9 Å². The van der Waals surface area contributed by atoms with Gasteiger partial charge in [-0.3, -0.25) is 4.79 Å². The van der Waals surface area contributed by atoms with E-state index in [1.165, 1.54) is 0 Å². The van der Waals surface area contributed by atoms with Crippen LogP contribution in [0.3, 0.4) is 0 Å². The van der Waals surface area contributed by atoms with Gasteiger partial charge in [-0.05, 0) is 31.4 Å². The lowest BCUT2D eigenvalue weighted by atomic mass is 9.98. The van der Waals surface area contributed by atoms with E-state index in [9.17, 15) is 14.7 Å². The van der Waals surface area contributed by atoms with Gasteiger partial charge in [-0.1, -0.05) is 19.1 Å². The summed E-state index contributed by atoms with van der Waals surface area (Å²) in [4.78, 5) is 23.6. The van der Waals surface area contributed by atoms with Crippen LogP contribution in [-0.2, 0) is 9.53 Å². The highest BCUT2D eigenvalue weighted by Crippen LogP contribution is 2.26. The third-order valence-electron chi connectivity index (χ3n) is 3.69. The fourth-order valence-electron chi connectivity index (χ4n) is 2.63. The van der Waals surface area contributed by atoms with Crippen molar-refractivity contribution in [1.82, 2.24) is 0 Å². The molecule has 0 aliphatic carbocycles. The van der Waals surface area contributed by atoms with Gasteiger partial charge in [-0.25, -0.2) is 4.79 Å². The Morgan fingerprint density at radius 3 is 2.85 bits per heavy atom. The van der Waals surface area contributed by atoms with Gasteiger partial charge in [0.25, 0.3) is 0 Å². The standard InChI is InChI=1S/C15H19NO4/c1-3-12-10(7-8-20-12)14(17)16-11-6-4-5-9(2)13(11)15(18)19/h4-6,10,12H,3,7-8H2,1-2H3,(H,16,17)(H,18,19). The molecule has 0 radical (unpaired) electrons. The molecule has 2 unspecified atom stereocenters. The van der Waals surface area contributed by atoms with Gasteiger partial charge in [0.15, 0.2) is 0 Å². The van der Waals surface area contributed by atoms with Gasteiger partial charge in [0.05, 0.1) is 23.3 Å². The summed E-state index contributed by atoms with van der Waals surface area (Å²) in [5, 5.41) is 12.0. The predicted octanol–water partition coefficient (Wildman–Crippen LogP) is 2.45. The number of amides is 1. The van der Waals surface area contributed by atoms with Crippen LogP contribution >= 0.6 is 0 Å². The minimum Gasteiger partial charge on any atom is -0.478 e. The first-order valence-corrected chi connectivity index (χ1v) is 6.80. The van der Waals surface area contributed by atoms with Crippen molar-refractivity contribution in [2.24, 2.45) is 5.92 Å². The van der Waals surface area contributed by atoms with Gasteiger partial charge in [-0.2, -0.15) is 0 Å². The fraction of sp³-hybridized carbons (Fsp3) is 0.467. The molecule has 20 heavy (non-hydrogen) atoms. The summed E-state index contributed by atoms with van der Waals surface area (Å²) in [6.45, 7) is 4.27. The average Bonchev–Trinajstić information content (AvgIpc) is 2.86. The highest BCUT2D eigenvalue weighted by atomic mass is 16.5. The van der Waals surface area contributed by atoms with Gasteiger partial charge < -0.3 is 15.2 Å². The average molecular weight is 277 g/mol. The summed E-state index contributed by atoms with van der Waals surface area (Å²) >= 11 is 0. The third kappa shape index (κ3) is 2.82. The molecule has 0 aromatic heterocycles. The van der Waals surface area contributed by atoms with Crippen molar-refractivity contribution in [3.63, 3.8) is 0 Å². The first kappa shape index (κ1) is 14.5. The van der Waals surface area contributed by atoms with Crippen LogP contribution in [0.1, 0.15) is 35.7 Å². The Hall–Kier alpha value is -1.88. The number of anilines is 1. The van der Waals surface area contributed by atoms with E-state index in [1.807, 2.05) is 6.92 Å². The van der Waals surface area contributed by atoms with Crippen LogP contribution in [0.15, 0.2) is 18.2 Å². The predicted molar refractivity (Wildman–Crippen MR) is 74.9 cm³/mol. The number of benzene rings is 1. The van der Waals surface area contributed by atoms with Gasteiger partial charge in [0, 0.05) is 6.61 Å². The Balaban J connectivity index is 2.20. The molecule has 1 aromatic rings. The minimum absolute atomic E-state index is 0.0758. The van der Waals surface area contributed by atoms with Crippen molar-refractivity contribution in [3.8, 4) is 0 Å². The second kappa shape index (κ2) is 6.05. The maximum Gasteiger partial charge on any atom is 0.338 e. The summed E-state index contributed by atoms with van der Waals surface area (Å²) in [7, 11) is 0. The van der Waals surface area contributed by atoms with Crippen LogP contribution in [0, 0.1) is 12.8 Å². The smallest absolute Gasteiger partial charge is 0.338 e. The number of nitrogens with one attached hydrogen (secondary N) is 1. The highest BCUT2D eigenvalue weighted by molar-refractivity contribution is 6.02. The number of rotatable bonds is 4. The number of aryl methyl sites for hydroxylation is 1. The zero-order valence-corrected chi connectivity index (χ0v) is 11.7. The molecule has 2 N–H and O–H groups in total. The summed E-state index contributed by atoms with van der Waals surface area (Å²) in [5.74, 6) is -1.40. The Labute approximate surface area is 117 Å². The maximum atomic E-state index is 12.3. The monoisotopic (exact) mass is 277 g/mol. The van der Waals surface area contributed by atoms with Crippen molar-refractivity contribution < 1.29 is 19.4 Å². The van der Waals surface area contributed by atoms with Crippen LogP contribution < -0.4 is 5.32 Å². The SMILES string of the molecule is CCC1OCCC1C(=O)Nc1cccc(C)c1C(=O)O. The van der Waals surface area contributed by atoms with E-state index in [2.05, 4.69) is 5.32 Å². The largest absolute Gasteiger partial charge is 0.478 e. The molecule has 2 rings (SSSR count). The quantitative estimate of drug-likeness (QED) is 0.886. The maximum absolute atomic E-state index is 12.3. The minimum atomic E-state index is -1.03. The molecule has 1 aliphatic rings. The molecule has 1 saturated heterocycles. The summed E-state index contributed by atoms with van der Waals surface area (Å²) in [6.07, 6.45) is 1.38. The fourth-order valence-corrected chi connectivity index (χ4v) is 2.63. The molecule has 5 nitrogen and oxygen atoms in total. The molecule has 1 aromatic carbocycles. The molecule has 2 atom stereocenters. The van der Waals surface area contributed by atoms with E-state index in [1.54, 1.807) is 25.1 Å². The number of aromatic carboxylic acids is 1. The molecule has 0 spiro atoms. The Bertz CT molecular complexity index is 527. The Morgan fingerprint density at radius 1 is 1.45 bits per heavy atom. The summed E-state index contributed by atoms with van der Waals surface area (Å²) < 4.78 is 5.50. The molecular formula is C15H19NO4. The molecule has 0 saturated carbocycles. The Kier molecular flexibility index (Phi) is 4.39. The second-order valence-electron chi connectivity index (χ2n) is 5.00. The van der Waals surface area contributed by atoms with Crippen molar-refractivity contribution in [2.45, 2.75) is 32.8 Å². The van der Waals surface area contributed by atoms with Gasteiger partial charge in [-0.15, -0.1) is 0 Å². The molecule has 1 aliphatic heterocycles. The van der Waals surface area contributed by atoms with Gasteiger partial charge >= 0.3 is 5.97 Å². The number of hydrogen-bond donors (Lipinski definition) is 2. The van der Waals surface area contributed by atoms with Crippen LogP contribution in [-0.4, -0.2) is 29.7 Å². The molecule has 1 fully saturated rings. The van der Waals surface area contributed by atoms with E-state index in [-0.39, 0.29) is 23.5 Å². The van der Waals surface area contributed by atoms with E-state index in [0.29, 0.717) is 24.3 Å². The molecule has 1 heterocycles. The number of carboxylic acid groups (broad SMARTS) is 1. The highest BCUT2D eigenvalue weighted by Gasteiger charge is 2.33. The Morgan fingerprint density at radius 2 is 2.20 bits per heavy atom. The van der Waals surface area contributed by atoms with Crippen molar-refractivity contribution >= 4 is 17.6 Å². The van der Waals surface area contributed by atoms with Gasteiger partial charge in [0.1, 0.15) is 0 Å². The number of carbonyl (C=O) groups excluding carboxylic acids is 1. The number of ether oxygens (including phenoxy) is 1. The van der Waals surface area contributed by atoms with Crippen LogP contribution in [0.4, 0.5) is 5.69 Å². The normalized spacial score (nSPS) is 21.7. The third-order valence-corrected chi connectivity index (χ3v) is 3.69. The zero-order chi connectivity index (χ0) is 14.7. The van der Waals surface area contributed by atoms with E-state index < -0.39 is 5.97 Å². The lowest BCUT2D eigenvalue weighted by Crippen LogP contribution is -2.29. The number of carboxylic acids is 1. The van der Waals surface area contributed by atoms with E-state index >= 15 is 0 Å². The van der Waals surface area contributed by atoms with E-state index in [0.717, 1.165) is 6.42 Å². The molecule has 1 amide bonds.